The van der Waals surface area contributed by atoms with Crippen molar-refractivity contribution in [2.24, 2.45) is 5.73 Å². The lowest BCUT2D eigenvalue weighted by molar-refractivity contribution is 0.472. The Morgan fingerprint density at radius 1 is 1.35 bits per heavy atom. The largest absolute Gasteiger partial charge is 0.326 e. The van der Waals surface area contributed by atoms with Crippen LogP contribution in [0.4, 0.5) is 0 Å². The molecule has 0 spiro atoms. The van der Waals surface area contributed by atoms with Crippen LogP contribution in [-0.2, 0) is 10.0 Å². The molecule has 2 N–H and O–H groups in total. The third-order valence-electron chi connectivity index (χ3n) is 2.90. The van der Waals surface area contributed by atoms with E-state index in [-0.39, 0.29) is 18.4 Å². The Bertz CT molecular complexity index is 490. The number of aryl methyl sites for hydroxylation is 1. The lowest BCUT2D eigenvalue weighted by Crippen LogP contribution is -2.32. The Hall–Kier alpha value is -0.620. The normalized spacial score (nSPS) is 21.2. The molecule has 1 aromatic rings. The maximum Gasteiger partial charge on any atom is 0.243 e. The van der Waals surface area contributed by atoms with Crippen LogP contribution in [0.5, 0.6) is 0 Å². The predicted octanol–water partition coefficient (Wildman–Crippen LogP) is 1.14. The van der Waals surface area contributed by atoms with Gasteiger partial charge >= 0.3 is 0 Å². The molecular formula is C11H17ClN2O2S. The Kier molecular flexibility index (Phi) is 4.55. The van der Waals surface area contributed by atoms with Gasteiger partial charge in [-0.3, -0.25) is 0 Å². The van der Waals surface area contributed by atoms with Gasteiger partial charge in [0.25, 0.3) is 0 Å². The zero-order valence-electron chi connectivity index (χ0n) is 9.67. The summed E-state index contributed by atoms with van der Waals surface area (Å²) in [5.74, 6) is 0. The molecule has 1 aromatic carbocycles. The molecular weight excluding hydrogens is 260 g/mol. The van der Waals surface area contributed by atoms with E-state index < -0.39 is 10.0 Å². The Balaban J connectivity index is 0.00000144. The van der Waals surface area contributed by atoms with Gasteiger partial charge in [-0.15, -0.1) is 12.4 Å². The van der Waals surface area contributed by atoms with Crippen LogP contribution >= 0.6 is 12.4 Å². The summed E-state index contributed by atoms with van der Waals surface area (Å²) in [4.78, 5) is 0.393. The van der Waals surface area contributed by atoms with E-state index in [1.165, 1.54) is 4.31 Å². The third-order valence-corrected chi connectivity index (χ3v) is 4.92. The van der Waals surface area contributed by atoms with Gasteiger partial charge < -0.3 is 5.73 Å². The molecule has 1 aliphatic heterocycles. The molecule has 1 atom stereocenters. The summed E-state index contributed by atoms with van der Waals surface area (Å²) in [5.41, 5.74) is 6.51. The highest BCUT2D eigenvalue weighted by Crippen LogP contribution is 2.22. The van der Waals surface area contributed by atoms with Crippen molar-refractivity contribution in [1.29, 1.82) is 0 Å². The first-order chi connectivity index (χ1) is 7.51. The average molecular weight is 277 g/mol. The zero-order valence-corrected chi connectivity index (χ0v) is 11.3. The van der Waals surface area contributed by atoms with Crippen molar-refractivity contribution in [3.05, 3.63) is 29.8 Å². The quantitative estimate of drug-likeness (QED) is 0.881. The lowest BCUT2D eigenvalue weighted by atomic mass is 10.2. The second kappa shape index (κ2) is 5.35. The summed E-state index contributed by atoms with van der Waals surface area (Å²) in [6.45, 7) is 2.76. The van der Waals surface area contributed by atoms with E-state index >= 15 is 0 Å². The summed E-state index contributed by atoms with van der Waals surface area (Å²) >= 11 is 0. The van der Waals surface area contributed by atoms with Gasteiger partial charge in [-0.2, -0.15) is 4.31 Å². The topological polar surface area (TPSA) is 63.4 Å². The molecule has 96 valence electrons. The Morgan fingerprint density at radius 3 is 2.53 bits per heavy atom. The number of benzene rings is 1. The fourth-order valence-electron chi connectivity index (χ4n) is 1.96. The van der Waals surface area contributed by atoms with E-state index in [4.69, 9.17) is 5.73 Å². The highest BCUT2D eigenvalue weighted by molar-refractivity contribution is 7.89. The van der Waals surface area contributed by atoms with E-state index in [9.17, 15) is 8.42 Å². The molecule has 4 nitrogen and oxygen atoms in total. The van der Waals surface area contributed by atoms with Gasteiger partial charge in [0.2, 0.25) is 10.0 Å². The van der Waals surface area contributed by atoms with Gasteiger partial charge in [-0.1, -0.05) is 18.2 Å². The maximum absolute atomic E-state index is 12.3. The van der Waals surface area contributed by atoms with Crippen molar-refractivity contribution >= 4 is 22.4 Å². The van der Waals surface area contributed by atoms with Gasteiger partial charge in [-0.25, -0.2) is 8.42 Å². The molecule has 1 fully saturated rings. The first-order valence-electron chi connectivity index (χ1n) is 5.33. The second-order valence-electron chi connectivity index (χ2n) is 4.18. The molecule has 0 aliphatic carbocycles. The van der Waals surface area contributed by atoms with E-state index in [1.54, 1.807) is 12.1 Å². The highest BCUT2D eigenvalue weighted by atomic mass is 35.5. The standard InChI is InChI=1S/C11H16N2O2S.ClH/c1-9-4-2-3-5-11(9)16(14,15)13-7-6-10(12)8-13;/h2-5,10H,6-8,12H2,1H3;1H/t10-;/m1./s1. The van der Waals surface area contributed by atoms with Crippen LogP contribution in [0.3, 0.4) is 0 Å². The molecule has 0 saturated carbocycles. The minimum atomic E-state index is -3.35. The van der Waals surface area contributed by atoms with Crippen molar-refractivity contribution in [2.75, 3.05) is 13.1 Å². The smallest absolute Gasteiger partial charge is 0.243 e. The van der Waals surface area contributed by atoms with Crippen molar-refractivity contribution in [3.8, 4) is 0 Å². The third kappa shape index (κ3) is 2.80. The van der Waals surface area contributed by atoms with Gasteiger partial charge in [0, 0.05) is 19.1 Å². The van der Waals surface area contributed by atoms with Crippen molar-refractivity contribution < 1.29 is 8.42 Å². The number of hydrogen-bond donors (Lipinski definition) is 1. The monoisotopic (exact) mass is 276 g/mol. The molecule has 0 aromatic heterocycles. The Morgan fingerprint density at radius 2 is 2.00 bits per heavy atom. The molecule has 6 heteroatoms. The first kappa shape index (κ1) is 14.4. The lowest BCUT2D eigenvalue weighted by Gasteiger charge is -2.17. The molecule has 1 heterocycles. The molecule has 0 unspecified atom stereocenters. The second-order valence-corrected chi connectivity index (χ2v) is 6.08. The minimum absolute atomic E-state index is 0. The summed E-state index contributed by atoms with van der Waals surface area (Å²) in [6.07, 6.45) is 0.741. The van der Waals surface area contributed by atoms with Crippen molar-refractivity contribution in [3.63, 3.8) is 0 Å². The SMILES string of the molecule is Cc1ccccc1S(=O)(=O)N1CC[C@@H](N)C1.Cl. The highest BCUT2D eigenvalue weighted by Gasteiger charge is 2.31. The number of nitrogens with zero attached hydrogens (tertiary/aromatic N) is 1. The number of halogens is 1. The predicted molar refractivity (Wildman–Crippen MR) is 69.8 cm³/mol. The van der Waals surface area contributed by atoms with Crippen LogP contribution in [0.2, 0.25) is 0 Å². The first-order valence-corrected chi connectivity index (χ1v) is 6.77. The minimum Gasteiger partial charge on any atom is -0.326 e. The van der Waals surface area contributed by atoms with E-state index in [1.807, 2.05) is 19.1 Å². The zero-order chi connectivity index (χ0) is 11.8. The van der Waals surface area contributed by atoms with E-state index in [0.29, 0.717) is 18.0 Å². The molecule has 0 radical (unpaired) electrons. The molecule has 1 saturated heterocycles. The fourth-order valence-corrected chi connectivity index (χ4v) is 3.69. The van der Waals surface area contributed by atoms with Gasteiger partial charge in [0.05, 0.1) is 4.90 Å². The van der Waals surface area contributed by atoms with Gasteiger partial charge in [0.1, 0.15) is 0 Å². The van der Waals surface area contributed by atoms with E-state index in [2.05, 4.69) is 0 Å². The number of rotatable bonds is 2. The van der Waals surface area contributed by atoms with E-state index in [0.717, 1.165) is 12.0 Å². The van der Waals surface area contributed by atoms with Gasteiger partial charge in [0.15, 0.2) is 0 Å². The summed E-state index contributed by atoms with van der Waals surface area (Å²) < 4.78 is 26.0. The number of sulfonamides is 1. The molecule has 17 heavy (non-hydrogen) atoms. The Labute approximate surface area is 108 Å². The summed E-state index contributed by atoms with van der Waals surface area (Å²) in [7, 11) is -3.35. The van der Waals surface area contributed by atoms with Crippen LogP contribution in [0.15, 0.2) is 29.2 Å². The van der Waals surface area contributed by atoms with Crippen LogP contribution in [0.25, 0.3) is 0 Å². The number of hydrogen-bond acceptors (Lipinski definition) is 3. The van der Waals surface area contributed by atoms with Crippen LogP contribution in [-0.4, -0.2) is 31.9 Å². The molecule has 0 amide bonds. The number of nitrogens with two attached hydrogens (primary N) is 1. The van der Waals surface area contributed by atoms with Crippen LogP contribution < -0.4 is 5.73 Å². The summed E-state index contributed by atoms with van der Waals surface area (Å²) in [5, 5.41) is 0. The molecule has 0 bridgehead atoms. The van der Waals surface area contributed by atoms with Crippen molar-refractivity contribution in [1.82, 2.24) is 4.31 Å². The summed E-state index contributed by atoms with van der Waals surface area (Å²) in [6, 6.07) is 7.01. The van der Waals surface area contributed by atoms with Crippen molar-refractivity contribution in [2.45, 2.75) is 24.3 Å². The average Bonchev–Trinajstić information content (AvgIpc) is 2.66. The van der Waals surface area contributed by atoms with Crippen LogP contribution in [0, 0.1) is 6.92 Å². The van der Waals surface area contributed by atoms with Crippen LogP contribution in [0.1, 0.15) is 12.0 Å². The maximum atomic E-state index is 12.3. The molecule has 2 rings (SSSR count). The molecule has 1 aliphatic rings. The van der Waals surface area contributed by atoms with Gasteiger partial charge in [-0.05, 0) is 25.0 Å². The fraction of sp³-hybridized carbons (Fsp3) is 0.455.